The standard InChI is InChI=1S/C34H31FNO5P/c1-6-34(32(37)38,42(40)41-5)33(4,39)30-27(23-17-19-26(35)20-18-23)21-28(36-31(30)22(2)3)29(24-13-9-7-10-14-24)25-15-11-8-12-16-25/h1,7-22,29,39H,2-5H3/p+1. The summed E-state index contributed by atoms with van der Waals surface area (Å²) in [6, 6.07) is 26.9. The Bertz CT molecular complexity index is 1590. The number of aliphatic hydroxyl groups is 1. The van der Waals surface area contributed by atoms with Gasteiger partial charge in [0.1, 0.15) is 5.82 Å². The molecule has 0 amide bonds. The second kappa shape index (κ2) is 12.3. The number of carbonyl (C=O) groups is 1. The summed E-state index contributed by atoms with van der Waals surface area (Å²) in [5.41, 5.74) is 1.39. The molecule has 1 aromatic heterocycles. The summed E-state index contributed by atoms with van der Waals surface area (Å²) in [6.45, 7) is 4.93. The summed E-state index contributed by atoms with van der Waals surface area (Å²) >= 11 is 0. The minimum Gasteiger partial charge on any atom is -0.477 e. The largest absolute Gasteiger partial charge is 0.543 e. The predicted octanol–water partition coefficient (Wildman–Crippen LogP) is 7.24. The lowest BCUT2D eigenvalue weighted by Gasteiger charge is -2.34. The number of nitrogens with zero attached hydrogens (tertiary/aromatic N) is 1. The van der Waals surface area contributed by atoms with Crippen molar-refractivity contribution in [2.24, 2.45) is 0 Å². The van der Waals surface area contributed by atoms with Crippen LogP contribution in [0.2, 0.25) is 0 Å². The van der Waals surface area contributed by atoms with Crippen LogP contribution >= 0.6 is 8.03 Å². The maximum Gasteiger partial charge on any atom is 0.543 e. The van der Waals surface area contributed by atoms with Crippen LogP contribution in [0.1, 0.15) is 60.7 Å². The average Bonchev–Trinajstić information content (AvgIpc) is 2.98. The summed E-state index contributed by atoms with van der Waals surface area (Å²) < 4.78 is 32.3. The molecule has 6 nitrogen and oxygen atoms in total. The van der Waals surface area contributed by atoms with Crippen LogP contribution in [0.5, 0.6) is 0 Å². The van der Waals surface area contributed by atoms with Crippen molar-refractivity contribution >= 4 is 14.0 Å². The summed E-state index contributed by atoms with van der Waals surface area (Å²) in [7, 11) is -2.04. The number of rotatable bonds is 10. The fraction of sp³-hybridized carbons (Fsp3) is 0.235. The fourth-order valence-corrected chi connectivity index (χ4v) is 6.38. The van der Waals surface area contributed by atoms with E-state index in [4.69, 9.17) is 15.9 Å². The molecule has 4 aromatic rings. The maximum absolute atomic E-state index is 14.1. The normalized spacial score (nSPS) is 14.6. The Labute approximate surface area is 246 Å². The van der Waals surface area contributed by atoms with Gasteiger partial charge in [0.25, 0.3) is 0 Å². The quantitative estimate of drug-likeness (QED) is 0.151. The molecular weight excluding hydrogens is 552 g/mol. The summed E-state index contributed by atoms with van der Waals surface area (Å²) in [4.78, 5) is 17.8. The summed E-state index contributed by atoms with van der Waals surface area (Å²) in [5.74, 6) is -0.737. The Hall–Kier alpha value is -4.21. The Morgan fingerprint density at radius 3 is 1.95 bits per heavy atom. The molecule has 0 bridgehead atoms. The highest BCUT2D eigenvalue weighted by Crippen LogP contribution is 2.54. The number of aliphatic carboxylic acids is 1. The number of carboxylic acids is 1. The molecular formula is C34H32FNO5P+. The van der Waals surface area contributed by atoms with E-state index < -0.39 is 30.6 Å². The van der Waals surface area contributed by atoms with Gasteiger partial charge < -0.3 is 10.2 Å². The molecule has 8 heteroatoms. The zero-order valence-electron chi connectivity index (χ0n) is 23.8. The zero-order valence-corrected chi connectivity index (χ0v) is 24.7. The minimum atomic E-state index is -3.11. The van der Waals surface area contributed by atoms with Gasteiger partial charge in [0.15, 0.2) is 5.60 Å². The Morgan fingerprint density at radius 2 is 1.52 bits per heavy atom. The number of halogens is 1. The van der Waals surface area contributed by atoms with Gasteiger partial charge in [-0.2, -0.15) is 0 Å². The van der Waals surface area contributed by atoms with Crippen LogP contribution in [0.25, 0.3) is 11.1 Å². The molecule has 3 aromatic carbocycles. The van der Waals surface area contributed by atoms with Crippen molar-refractivity contribution in [1.29, 1.82) is 0 Å². The lowest BCUT2D eigenvalue weighted by molar-refractivity contribution is -0.145. The highest BCUT2D eigenvalue weighted by molar-refractivity contribution is 7.43. The molecule has 0 aliphatic rings. The molecule has 0 saturated heterocycles. The zero-order chi connectivity index (χ0) is 30.7. The molecule has 0 fully saturated rings. The smallest absolute Gasteiger partial charge is 0.477 e. The fourth-order valence-electron chi connectivity index (χ4n) is 5.38. The summed E-state index contributed by atoms with van der Waals surface area (Å²) in [6.07, 6.45) is 5.75. The molecule has 0 saturated carbocycles. The van der Waals surface area contributed by atoms with E-state index in [-0.39, 0.29) is 17.4 Å². The van der Waals surface area contributed by atoms with E-state index in [1.807, 2.05) is 74.5 Å². The first-order valence-corrected chi connectivity index (χ1v) is 14.5. The van der Waals surface area contributed by atoms with Crippen molar-refractivity contribution in [2.45, 2.75) is 43.4 Å². The lowest BCUT2D eigenvalue weighted by atomic mass is 9.75. The molecule has 0 radical (unpaired) electrons. The molecule has 0 spiro atoms. The van der Waals surface area contributed by atoms with Crippen LogP contribution in [-0.4, -0.2) is 33.4 Å². The van der Waals surface area contributed by atoms with Crippen molar-refractivity contribution in [3.8, 4) is 23.5 Å². The van der Waals surface area contributed by atoms with Gasteiger partial charge in [0.05, 0.1) is 24.4 Å². The van der Waals surface area contributed by atoms with Crippen LogP contribution in [0, 0.1) is 18.2 Å². The van der Waals surface area contributed by atoms with Crippen LogP contribution in [0.4, 0.5) is 4.39 Å². The first-order valence-electron chi connectivity index (χ1n) is 13.4. The van der Waals surface area contributed by atoms with Crippen LogP contribution in [-0.2, 0) is 19.5 Å². The molecule has 0 aliphatic heterocycles. The van der Waals surface area contributed by atoms with E-state index >= 15 is 0 Å². The first kappa shape index (κ1) is 30.7. The molecule has 2 N–H and O–H groups in total. The monoisotopic (exact) mass is 584 g/mol. The second-order valence-corrected chi connectivity index (χ2v) is 12.0. The van der Waals surface area contributed by atoms with E-state index in [1.54, 1.807) is 6.07 Å². The number of terminal acetylenes is 1. The SMILES string of the molecule is C#CC(C(=O)O)([P+](=O)OC)C(C)(O)c1c(-c2ccc(F)cc2)cc(C(c2ccccc2)c2ccccc2)nc1C(C)C. The summed E-state index contributed by atoms with van der Waals surface area (Å²) in [5, 5.41) is 19.9. The van der Waals surface area contributed by atoms with Crippen LogP contribution in [0.15, 0.2) is 91.0 Å². The van der Waals surface area contributed by atoms with E-state index in [0.717, 1.165) is 18.2 Å². The van der Waals surface area contributed by atoms with E-state index in [2.05, 4.69) is 5.92 Å². The number of aromatic nitrogens is 1. The maximum atomic E-state index is 14.1. The van der Waals surface area contributed by atoms with Crippen molar-refractivity contribution in [2.75, 3.05) is 7.11 Å². The van der Waals surface area contributed by atoms with E-state index in [9.17, 15) is 24.0 Å². The molecule has 4 rings (SSSR count). The third-order valence-corrected chi connectivity index (χ3v) is 9.12. The van der Waals surface area contributed by atoms with E-state index in [1.165, 1.54) is 31.2 Å². The van der Waals surface area contributed by atoms with Crippen molar-refractivity contribution in [3.63, 3.8) is 0 Å². The third kappa shape index (κ3) is 5.37. The number of carboxylic acid groups (broad SMARTS) is 1. The number of hydrogen-bond acceptors (Lipinski definition) is 5. The predicted molar refractivity (Wildman–Crippen MR) is 161 cm³/mol. The lowest BCUT2D eigenvalue weighted by Crippen LogP contribution is -2.53. The Kier molecular flexibility index (Phi) is 9.03. The molecule has 214 valence electrons. The first-order chi connectivity index (χ1) is 20.0. The van der Waals surface area contributed by atoms with Crippen molar-refractivity contribution in [3.05, 3.63) is 125 Å². The highest BCUT2D eigenvalue weighted by Gasteiger charge is 2.71. The molecule has 1 heterocycles. The number of pyridine rings is 1. The van der Waals surface area contributed by atoms with Gasteiger partial charge in [-0.25, -0.2) is 9.18 Å². The van der Waals surface area contributed by atoms with Crippen molar-refractivity contribution < 1.29 is 28.5 Å². The van der Waals surface area contributed by atoms with Gasteiger partial charge in [-0.15, -0.1) is 10.9 Å². The molecule has 0 aliphatic carbocycles. The van der Waals surface area contributed by atoms with Gasteiger partial charge in [-0.3, -0.25) is 4.98 Å². The Balaban J connectivity index is 2.17. The number of benzene rings is 3. The van der Waals surface area contributed by atoms with Gasteiger partial charge in [-0.1, -0.05) is 86.6 Å². The van der Waals surface area contributed by atoms with Gasteiger partial charge in [0, 0.05) is 5.56 Å². The third-order valence-electron chi connectivity index (χ3n) is 7.48. The Morgan fingerprint density at radius 1 is 1.00 bits per heavy atom. The average molecular weight is 585 g/mol. The molecule has 42 heavy (non-hydrogen) atoms. The van der Waals surface area contributed by atoms with Crippen LogP contribution in [0.3, 0.4) is 0 Å². The van der Waals surface area contributed by atoms with Gasteiger partial charge in [0.2, 0.25) is 0 Å². The molecule has 3 unspecified atom stereocenters. The topological polar surface area (TPSA) is 96.7 Å². The minimum absolute atomic E-state index is 0.0773. The highest BCUT2D eigenvalue weighted by atomic mass is 31.1. The van der Waals surface area contributed by atoms with Crippen LogP contribution < -0.4 is 0 Å². The van der Waals surface area contributed by atoms with Gasteiger partial charge >= 0.3 is 19.2 Å². The van der Waals surface area contributed by atoms with Crippen molar-refractivity contribution in [1.82, 2.24) is 4.98 Å². The molecule has 3 atom stereocenters. The van der Waals surface area contributed by atoms with Gasteiger partial charge in [-0.05, 0) is 63.8 Å². The van der Waals surface area contributed by atoms with E-state index in [0.29, 0.717) is 22.5 Å². The number of hydrogen-bond donors (Lipinski definition) is 2. The second-order valence-electron chi connectivity index (χ2n) is 10.4.